The summed E-state index contributed by atoms with van der Waals surface area (Å²) in [5.74, 6) is -2.82. The Morgan fingerprint density at radius 2 is 1.71 bits per heavy atom. The summed E-state index contributed by atoms with van der Waals surface area (Å²) >= 11 is 0. The number of methoxy groups -OCH3 is 1. The Bertz CT molecular complexity index is 516. The van der Waals surface area contributed by atoms with E-state index in [0.29, 0.717) is 4.90 Å². The standard InChI is InChI=1S/C14H21F3N2O5/c1-13(2,3)24-12(22)19-7-8(6-9(19)10(20)23-5)18(4)11(21)14(15,16)17/h8-9H,6-7H2,1-5H3. The molecule has 0 bridgehead atoms. The molecule has 2 amide bonds. The van der Waals surface area contributed by atoms with E-state index >= 15 is 0 Å². The zero-order valence-electron chi connectivity index (χ0n) is 14.1. The molecule has 0 radical (unpaired) electrons. The lowest BCUT2D eigenvalue weighted by Crippen LogP contribution is -2.46. The zero-order chi connectivity index (χ0) is 18.9. The molecule has 0 aliphatic carbocycles. The van der Waals surface area contributed by atoms with Gasteiger partial charge in [0.25, 0.3) is 0 Å². The van der Waals surface area contributed by atoms with Crippen LogP contribution >= 0.6 is 0 Å². The molecule has 10 heteroatoms. The van der Waals surface area contributed by atoms with E-state index in [4.69, 9.17) is 4.74 Å². The fraction of sp³-hybridized carbons (Fsp3) is 0.786. The number of nitrogens with zero attached hydrogens (tertiary/aromatic N) is 2. The molecule has 2 unspecified atom stereocenters. The lowest BCUT2D eigenvalue weighted by molar-refractivity contribution is -0.186. The Kier molecular flexibility index (Phi) is 5.73. The van der Waals surface area contributed by atoms with Crippen molar-refractivity contribution in [3.05, 3.63) is 0 Å². The fourth-order valence-electron chi connectivity index (χ4n) is 2.34. The number of likely N-dealkylation sites (N-methyl/N-ethyl adjacent to an activating group) is 1. The number of rotatable bonds is 2. The molecule has 24 heavy (non-hydrogen) atoms. The first kappa shape index (κ1) is 20.0. The largest absolute Gasteiger partial charge is 0.471 e. The molecule has 2 atom stereocenters. The first-order valence-corrected chi connectivity index (χ1v) is 7.19. The normalized spacial score (nSPS) is 21.4. The van der Waals surface area contributed by atoms with Gasteiger partial charge in [0.2, 0.25) is 0 Å². The second-order valence-corrected chi connectivity index (χ2v) is 6.48. The van der Waals surface area contributed by atoms with Crippen LogP contribution in [0.2, 0.25) is 0 Å². The van der Waals surface area contributed by atoms with Gasteiger partial charge in [0.05, 0.1) is 13.2 Å². The highest BCUT2D eigenvalue weighted by Crippen LogP contribution is 2.27. The number of hydrogen-bond acceptors (Lipinski definition) is 5. The van der Waals surface area contributed by atoms with Gasteiger partial charge in [-0.25, -0.2) is 9.59 Å². The van der Waals surface area contributed by atoms with Crippen LogP contribution in [0.3, 0.4) is 0 Å². The molecule has 1 heterocycles. The van der Waals surface area contributed by atoms with Crippen LogP contribution in [-0.2, 0) is 19.1 Å². The van der Waals surface area contributed by atoms with E-state index < -0.39 is 41.8 Å². The number of halogens is 3. The second-order valence-electron chi connectivity index (χ2n) is 6.48. The highest BCUT2D eigenvalue weighted by atomic mass is 19.4. The van der Waals surface area contributed by atoms with Crippen LogP contribution in [0.15, 0.2) is 0 Å². The van der Waals surface area contributed by atoms with Crippen LogP contribution in [0.25, 0.3) is 0 Å². The Labute approximate surface area is 137 Å². The lowest BCUT2D eigenvalue weighted by atomic mass is 10.1. The van der Waals surface area contributed by atoms with Crippen LogP contribution < -0.4 is 0 Å². The van der Waals surface area contributed by atoms with Crippen LogP contribution in [0.5, 0.6) is 0 Å². The smallest absolute Gasteiger partial charge is 0.467 e. The van der Waals surface area contributed by atoms with Crippen LogP contribution in [-0.4, -0.2) is 72.3 Å². The third-order valence-electron chi connectivity index (χ3n) is 3.49. The number of ether oxygens (including phenoxy) is 2. The molecule has 1 aliphatic rings. The predicted molar refractivity (Wildman–Crippen MR) is 76.0 cm³/mol. The summed E-state index contributed by atoms with van der Waals surface area (Å²) < 4.78 is 47.4. The van der Waals surface area contributed by atoms with E-state index in [2.05, 4.69) is 4.74 Å². The van der Waals surface area contributed by atoms with Crippen molar-refractivity contribution in [1.29, 1.82) is 0 Å². The van der Waals surface area contributed by atoms with Gasteiger partial charge in [-0.05, 0) is 20.8 Å². The van der Waals surface area contributed by atoms with E-state index in [1.54, 1.807) is 20.8 Å². The fourth-order valence-corrected chi connectivity index (χ4v) is 2.34. The predicted octanol–water partition coefficient (Wildman–Crippen LogP) is 1.56. The van der Waals surface area contributed by atoms with Crippen molar-refractivity contribution in [2.75, 3.05) is 20.7 Å². The molecule has 0 saturated carbocycles. The molecule has 0 aromatic rings. The maximum Gasteiger partial charge on any atom is 0.471 e. The van der Waals surface area contributed by atoms with Gasteiger partial charge in [-0.15, -0.1) is 0 Å². The van der Waals surface area contributed by atoms with Crippen molar-refractivity contribution in [3.8, 4) is 0 Å². The number of alkyl halides is 3. The third kappa shape index (κ3) is 4.75. The Morgan fingerprint density at radius 3 is 2.12 bits per heavy atom. The summed E-state index contributed by atoms with van der Waals surface area (Å²) in [4.78, 5) is 36.9. The Balaban J connectivity index is 2.97. The van der Waals surface area contributed by atoms with Crippen LogP contribution in [0.4, 0.5) is 18.0 Å². The van der Waals surface area contributed by atoms with Crippen LogP contribution in [0, 0.1) is 0 Å². The lowest BCUT2D eigenvalue weighted by Gasteiger charge is -2.28. The summed E-state index contributed by atoms with van der Waals surface area (Å²) in [6.45, 7) is 4.59. The first-order chi connectivity index (χ1) is 10.8. The summed E-state index contributed by atoms with van der Waals surface area (Å²) in [5, 5.41) is 0. The van der Waals surface area contributed by atoms with Gasteiger partial charge >= 0.3 is 24.1 Å². The molecular weight excluding hydrogens is 333 g/mol. The van der Waals surface area contributed by atoms with Gasteiger partial charge in [-0.2, -0.15) is 13.2 Å². The number of amides is 2. The molecule has 0 aromatic carbocycles. The number of carbonyl (C=O) groups is 3. The molecule has 0 aromatic heterocycles. The quantitative estimate of drug-likeness (QED) is 0.704. The van der Waals surface area contributed by atoms with Gasteiger partial charge in [0.1, 0.15) is 11.6 Å². The highest BCUT2D eigenvalue weighted by Gasteiger charge is 2.49. The number of esters is 1. The molecule has 0 N–H and O–H groups in total. The van der Waals surface area contributed by atoms with Gasteiger partial charge < -0.3 is 14.4 Å². The van der Waals surface area contributed by atoms with E-state index in [9.17, 15) is 27.6 Å². The topological polar surface area (TPSA) is 76.2 Å². The molecule has 1 aliphatic heterocycles. The first-order valence-electron chi connectivity index (χ1n) is 7.19. The van der Waals surface area contributed by atoms with Crippen molar-refractivity contribution >= 4 is 18.0 Å². The minimum Gasteiger partial charge on any atom is -0.467 e. The molecule has 7 nitrogen and oxygen atoms in total. The van der Waals surface area contributed by atoms with Crippen molar-refractivity contribution in [1.82, 2.24) is 9.80 Å². The minimum atomic E-state index is -5.03. The van der Waals surface area contributed by atoms with Crippen LogP contribution in [0.1, 0.15) is 27.2 Å². The van der Waals surface area contributed by atoms with E-state index in [1.165, 1.54) is 0 Å². The summed E-state index contributed by atoms with van der Waals surface area (Å²) in [6.07, 6.45) is -6.05. The van der Waals surface area contributed by atoms with Crippen molar-refractivity contribution in [2.24, 2.45) is 0 Å². The highest BCUT2D eigenvalue weighted by molar-refractivity contribution is 5.84. The molecule has 1 rings (SSSR count). The summed E-state index contributed by atoms with van der Waals surface area (Å²) in [5.41, 5.74) is -0.844. The average Bonchev–Trinajstić information content (AvgIpc) is 2.87. The molecule has 1 fully saturated rings. The monoisotopic (exact) mass is 354 g/mol. The maximum absolute atomic E-state index is 12.6. The summed E-state index contributed by atoms with van der Waals surface area (Å²) in [6, 6.07) is -2.09. The molecule has 138 valence electrons. The van der Waals surface area contributed by atoms with E-state index in [1.807, 2.05) is 0 Å². The zero-order valence-corrected chi connectivity index (χ0v) is 14.1. The minimum absolute atomic E-state index is 0.162. The molecule has 0 spiro atoms. The molecular formula is C14H21F3N2O5. The average molecular weight is 354 g/mol. The third-order valence-corrected chi connectivity index (χ3v) is 3.49. The SMILES string of the molecule is COC(=O)C1CC(N(C)C(=O)C(F)(F)F)CN1C(=O)OC(C)(C)C. The second kappa shape index (κ2) is 6.86. The van der Waals surface area contributed by atoms with Crippen molar-refractivity contribution in [2.45, 2.75) is 51.1 Å². The van der Waals surface area contributed by atoms with Gasteiger partial charge in [0, 0.05) is 20.0 Å². The van der Waals surface area contributed by atoms with Gasteiger partial charge in [-0.1, -0.05) is 0 Å². The number of hydrogen-bond donors (Lipinski definition) is 0. The van der Waals surface area contributed by atoms with E-state index in [-0.39, 0.29) is 13.0 Å². The van der Waals surface area contributed by atoms with Crippen molar-refractivity contribution < 1.29 is 37.0 Å². The van der Waals surface area contributed by atoms with Crippen molar-refractivity contribution in [3.63, 3.8) is 0 Å². The van der Waals surface area contributed by atoms with E-state index in [0.717, 1.165) is 19.1 Å². The van der Waals surface area contributed by atoms with Gasteiger partial charge in [0.15, 0.2) is 0 Å². The van der Waals surface area contributed by atoms with Gasteiger partial charge in [-0.3, -0.25) is 9.69 Å². The molecule has 1 saturated heterocycles. The Hall–Kier alpha value is -2.00. The number of likely N-dealkylation sites (tertiary alicyclic amines) is 1. The Morgan fingerprint density at radius 1 is 1.17 bits per heavy atom. The maximum atomic E-state index is 12.6. The summed E-state index contributed by atoms with van der Waals surface area (Å²) in [7, 11) is 2.08. The number of carbonyl (C=O) groups excluding carboxylic acids is 3.